The molecular formula is C25H26F2N4O. The normalized spacial score (nSPS) is 16.4. The zero-order valence-corrected chi connectivity index (χ0v) is 17.6. The summed E-state index contributed by atoms with van der Waals surface area (Å²) in [6.45, 7) is 2.19. The molecule has 0 bridgehead atoms. The first-order valence-electron chi connectivity index (χ1n) is 10.6. The van der Waals surface area contributed by atoms with Crippen molar-refractivity contribution in [3.05, 3.63) is 102 Å². The van der Waals surface area contributed by atoms with E-state index in [9.17, 15) is 13.6 Å². The summed E-state index contributed by atoms with van der Waals surface area (Å²) in [5.41, 5.74) is 8.86. The molecule has 3 aromatic carbocycles. The number of hydrogen-bond acceptors (Lipinski definition) is 3. The quantitative estimate of drug-likeness (QED) is 0.617. The van der Waals surface area contributed by atoms with E-state index in [0.29, 0.717) is 26.2 Å². The minimum Gasteiger partial charge on any atom is -0.322 e. The average molecular weight is 437 g/mol. The zero-order valence-electron chi connectivity index (χ0n) is 17.6. The lowest BCUT2D eigenvalue weighted by atomic mass is 9.92. The van der Waals surface area contributed by atoms with E-state index in [-0.39, 0.29) is 17.8 Å². The van der Waals surface area contributed by atoms with Gasteiger partial charge in [-0.25, -0.2) is 13.6 Å². The Morgan fingerprint density at radius 2 is 1.44 bits per heavy atom. The van der Waals surface area contributed by atoms with Crippen molar-refractivity contribution < 1.29 is 13.6 Å². The van der Waals surface area contributed by atoms with Crippen LogP contribution >= 0.6 is 0 Å². The van der Waals surface area contributed by atoms with Crippen molar-refractivity contribution in [3.63, 3.8) is 0 Å². The summed E-state index contributed by atoms with van der Waals surface area (Å²) < 4.78 is 27.0. The fourth-order valence-corrected chi connectivity index (χ4v) is 4.14. The summed E-state index contributed by atoms with van der Waals surface area (Å²) in [7, 11) is 0. The van der Waals surface area contributed by atoms with Crippen molar-refractivity contribution in [2.75, 3.05) is 31.5 Å². The Morgan fingerprint density at radius 1 is 0.844 bits per heavy atom. The van der Waals surface area contributed by atoms with Crippen LogP contribution in [0.25, 0.3) is 0 Å². The lowest BCUT2D eigenvalue weighted by Gasteiger charge is -2.41. The summed E-state index contributed by atoms with van der Waals surface area (Å²) in [5.74, 6) is -1.48. The van der Waals surface area contributed by atoms with Crippen LogP contribution in [0.1, 0.15) is 23.2 Å². The number of piperazine rings is 1. The van der Waals surface area contributed by atoms with Crippen LogP contribution in [0.2, 0.25) is 0 Å². The van der Waals surface area contributed by atoms with Crippen LogP contribution in [0, 0.1) is 11.6 Å². The number of benzene rings is 3. The molecule has 32 heavy (non-hydrogen) atoms. The number of amides is 2. The van der Waals surface area contributed by atoms with Crippen LogP contribution in [0.5, 0.6) is 0 Å². The highest BCUT2D eigenvalue weighted by atomic mass is 19.1. The number of anilines is 1. The average Bonchev–Trinajstić information content (AvgIpc) is 2.82. The Labute approximate surface area is 186 Å². The van der Waals surface area contributed by atoms with Gasteiger partial charge in [0.15, 0.2) is 0 Å². The van der Waals surface area contributed by atoms with Gasteiger partial charge in [0.25, 0.3) is 0 Å². The van der Waals surface area contributed by atoms with E-state index in [1.165, 1.54) is 6.07 Å². The zero-order chi connectivity index (χ0) is 22.5. The molecule has 0 unspecified atom stereocenters. The molecule has 5 nitrogen and oxygen atoms in total. The van der Waals surface area contributed by atoms with Crippen LogP contribution in [-0.2, 0) is 0 Å². The summed E-state index contributed by atoms with van der Waals surface area (Å²) in [5, 5.41) is 2.53. The van der Waals surface area contributed by atoms with Gasteiger partial charge in [0, 0.05) is 38.3 Å². The first-order valence-corrected chi connectivity index (χ1v) is 10.6. The molecule has 166 valence electrons. The highest BCUT2D eigenvalue weighted by molar-refractivity contribution is 5.89. The van der Waals surface area contributed by atoms with Crippen LogP contribution in [0.15, 0.2) is 78.9 Å². The number of rotatable bonds is 5. The van der Waals surface area contributed by atoms with Crippen molar-refractivity contribution in [2.24, 2.45) is 5.73 Å². The Morgan fingerprint density at radius 3 is 2.03 bits per heavy atom. The van der Waals surface area contributed by atoms with Gasteiger partial charge in [-0.15, -0.1) is 0 Å². The van der Waals surface area contributed by atoms with Crippen LogP contribution < -0.4 is 11.1 Å². The van der Waals surface area contributed by atoms with Gasteiger partial charge < -0.3 is 16.0 Å². The molecule has 0 saturated carbocycles. The summed E-state index contributed by atoms with van der Waals surface area (Å²) in [6.07, 6.45) is 0. The fourth-order valence-electron chi connectivity index (χ4n) is 4.14. The SMILES string of the molecule is N[C@@H](c1ccccc1)[C@@H](c1ccccc1)N1CCN(C(=O)Nc2ccc(F)cc2F)CC1. The van der Waals surface area contributed by atoms with E-state index in [1.807, 2.05) is 48.5 Å². The van der Waals surface area contributed by atoms with Crippen molar-refractivity contribution >= 4 is 11.7 Å². The second kappa shape index (κ2) is 9.89. The van der Waals surface area contributed by atoms with Gasteiger partial charge in [-0.2, -0.15) is 0 Å². The molecule has 0 spiro atoms. The molecule has 3 N–H and O–H groups in total. The van der Waals surface area contributed by atoms with Crippen LogP contribution in [0.3, 0.4) is 0 Å². The highest BCUT2D eigenvalue weighted by Crippen LogP contribution is 2.33. The molecule has 1 fully saturated rings. The third-order valence-corrected chi connectivity index (χ3v) is 5.83. The highest BCUT2D eigenvalue weighted by Gasteiger charge is 2.31. The number of urea groups is 1. The number of hydrogen-bond donors (Lipinski definition) is 2. The summed E-state index contributed by atoms with van der Waals surface area (Å²) in [6, 6.07) is 22.5. The third kappa shape index (κ3) is 4.95. The minimum atomic E-state index is -0.796. The fraction of sp³-hybridized carbons (Fsp3) is 0.240. The first-order chi connectivity index (χ1) is 15.5. The van der Waals surface area contributed by atoms with Gasteiger partial charge in [0.05, 0.1) is 11.7 Å². The molecule has 0 aromatic heterocycles. The molecule has 4 rings (SSSR count). The molecule has 2 amide bonds. The standard InChI is InChI=1S/C25H26F2N4O/c26-20-11-12-22(21(27)17-20)29-25(32)31-15-13-30(14-16-31)24(19-9-5-2-6-10-19)23(28)18-7-3-1-4-8-18/h1-12,17,23-24H,13-16,28H2,(H,29,32)/t23-,24+/m0/s1. The van der Waals surface area contributed by atoms with Gasteiger partial charge in [-0.05, 0) is 23.3 Å². The van der Waals surface area contributed by atoms with Gasteiger partial charge in [0.1, 0.15) is 11.6 Å². The molecule has 7 heteroatoms. The Bertz CT molecular complexity index is 1040. The van der Waals surface area contributed by atoms with E-state index in [1.54, 1.807) is 4.90 Å². The van der Waals surface area contributed by atoms with E-state index in [4.69, 9.17) is 5.73 Å². The van der Waals surface area contributed by atoms with E-state index < -0.39 is 17.7 Å². The number of nitrogens with one attached hydrogen (secondary N) is 1. The van der Waals surface area contributed by atoms with Crippen molar-refractivity contribution in [1.82, 2.24) is 9.80 Å². The first kappa shape index (κ1) is 21.9. The van der Waals surface area contributed by atoms with Gasteiger partial charge in [-0.3, -0.25) is 4.90 Å². The molecule has 3 aromatic rings. The molecule has 1 aliphatic heterocycles. The van der Waals surface area contributed by atoms with Crippen molar-refractivity contribution in [2.45, 2.75) is 12.1 Å². The minimum absolute atomic E-state index is 0.0351. The van der Waals surface area contributed by atoms with Crippen LogP contribution in [-0.4, -0.2) is 42.0 Å². The monoisotopic (exact) mass is 436 g/mol. The lowest BCUT2D eigenvalue weighted by Crippen LogP contribution is -2.52. The molecule has 0 aliphatic carbocycles. The van der Waals surface area contributed by atoms with E-state index in [0.717, 1.165) is 23.3 Å². The van der Waals surface area contributed by atoms with Crippen molar-refractivity contribution in [1.29, 1.82) is 0 Å². The molecule has 2 atom stereocenters. The number of nitrogens with two attached hydrogens (primary N) is 1. The third-order valence-electron chi connectivity index (χ3n) is 5.83. The molecule has 0 radical (unpaired) electrons. The summed E-state index contributed by atoms with van der Waals surface area (Å²) in [4.78, 5) is 16.5. The lowest BCUT2D eigenvalue weighted by molar-refractivity contribution is 0.100. The van der Waals surface area contributed by atoms with Gasteiger partial charge >= 0.3 is 6.03 Å². The number of carbonyl (C=O) groups excluding carboxylic acids is 1. The molecule has 1 saturated heterocycles. The summed E-state index contributed by atoms with van der Waals surface area (Å²) >= 11 is 0. The van der Waals surface area contributed by atoms with Gasteiger partial charge in [0.2, 0.25) is 0 Å². The Hall–Kier alpha value is -3.29. The van der Waals surface area contributed by atoms with Gasteiger partial charge in [-0.1, -0.05) is 60.7 Å². The Balaban J connectivity index is 1.46. The smallest absolute Gasteiger partial charge is 0.322 e. The maximum atomic E-state index is 13.9. The largest absolute Gasteiger partial charge is 0.322 e. The number of nitrogens with zero attached hydrogens (tertiary/aromatic N) is 2. The van der Waals surface area contributed by atoms with Crippen LogP contribution in [0.4, 0.5) is 19.3 Å². The number of carbonyl (C=O) groups is 1. The predicted octanol–water partition coefficient (Wildman–Crippen LogP) is 4.56. The van der Waals surface area contributed by atoms with E-state index >= 15 is 0 Å². The molecule has 1 heterocycles. The van der Waals surface area contributed by atoms with E-state index in [2.05, 4.69) is 22.3 Å². The second-order valence-electron chi connectivity index (χ2n) is 7.87. The number of halogens is 2. The Kier molecular flexibility index (Phi) is 6.78. The van der Waals surface area contributed by atoms with Crippen molar-refractivity contribution in [3.8, 4) is 0 Å². The maximum absolute atomic E-state index is 13.9. The maximum Gasteiger partial charge on any atom is 0.322 e. The molecular weight excluding hydrogens is 410 g/mol. The predicted molar refractivity (Wildman–Crippen MR) is 121 cm³/mol. The topological polar surface area (TPSA) is 61.6 Å². The molecule has 1 aliphatic rings. The second-order valence-corrected chi connectivity index (χ2v) is 7.87.